The Morgan fingerprint density at radius 1 is 1.11 bits per heavy atom. The third-order valence-corrected chi connectivity index (χ3v) is 4.08. The van der Waals surface area contributed by atoms with Crippen LogP contribution in [0.5, 0.6) is 11.5 Å². The van der Waals surface area contributed by atoms with E-state index in [-0.39, 0.29) is 6.61 Å². The molecule has 0 aliphatic carbocycles. The van der Waals surface area contributed by atoms with Gasteiger partial charge in [0.2, 0.25) is 6.10 Å². The van der Waals surface area contributed by atoms with Gasteiger partial charge in [0.05, 0.1) is 0 Å². The predicted molar refractivity (Wildman–Crippen MR) is 101 cm³/mol. The van der Waals surface area contributed by atoms with Gasteiger partial charge in [-0.15, -0.1) is 0 Å². The molecule has 0 radical (unpaired) electrons. The van der Waals surface area contributed by atoms with Crippen molar-refractivity contribution in [1.29, 1.82) is 0 Å². The first-order valence-electron chi connectivity index (χ1n) is 8.61. The topological polar surface area (TPSA) is 77.1 Å². The molecule has 2 unspecified atom stereocenters. The van der Waals surface area contributed by atoms with Crippen molar-refractivity contribution in [2.24, 2.45) is 0 Å². The number of anilines is 2. The lowest BCUT2D eigenvalue weighted by molar-refractivity contribution is -0.162. The summed E-state index contributed by atoms with van der Waals surface area (Å²) >= 11 is 0. The molecule has 7 nitrogen and oxygen atoms in total. The average molecular weight is 370 g/mol. The maximum absolute atomic E-state index is 12.3. The molecule has 2 atom stereocenters. The normalized spacial score (nSPS) is 16.2. The van der Waals surface area contributed by atoms with E-state index in [2.05, 4.69) is 5.32 Å². The number of para-hydroxylation sites is 2. The summed E-state index contributed by atoms with van der Waals surface area (Å²) in [7, 11) is 3.87. The number of amides is 1. The minimum absolute atomic E-state index is 0.0379. The third kappa shape index (κ3) is 4.49. The second kappa shape index (κ2) is 7.99. The van der Waals surface area contributed by atoms with Gasteiger partial charge in [0.15, 0.2) is 17.6 Å². The van der Waals surface area contributed by atoms with Crippen LogP contribution in [-0.2, 0) is 14.3 Å². The Kier molecular flexibility index (Phi) is 5.49. The molecule has 7 heteroatoms. The number of benzene rings is 2. The first-order valence-corrected chi connectivity index (χ1v) is 8.61. The van der Waals surface area contributed by atoms with Crippen molar-refractivity contribution in [1.82, 2.24) is 0 Å². The molecule has 0 saturated carbocycles. The number of nitrogens with one attached hydrogen (secondary N) is 1. The number of carbonyl (C=O) groups excluding carboxylic acids is 2. The number of esters is 1. The van der Waals surface area contributed by atoms with Gasteiger partial charge < -0.3 is 24.4 Å². The van der Waals surface area contributed by atoms with Gasteiger partial charge in [0.25, 0.3) is 5.91 Å². The highest BCUT2D eigenvalue weighted by Crippen LogP contribution is 2.31. The van der Waals surface area contributed by atoms with Gasteiger partial charge in [-0.05, 0) is 43.3 Å². The number of ether oxygens (including phenoxy) is 3. The molecule has 0 fully saturated rings. The van der Waals surface area contributed by atoms with Crippen LogP contribution in [0.2, 0.25) is 0 Å². The summed E-state index contributed by atoms with van der Waals surface area (Å²) in [5.74, 6) is -0.00881. The van der Waals surface area contributed by atoms with Crippen LogP contribution in [0, 0.1) is 0 Å². The Morgan fingerprint density at radius 2 is 1.78 bits per heavy atom. The number of fused-ring (bicyclic) bond motifs is 1. The molecule has 3 rings (SSSR count). The van der Waals surface area contributed by atoms with Gasteiger partial charge in [-0.25, -0.2) is 4.79 Å². The molecule has 2 aromatic rings. The predicted octanol–water partition coefficient (Wildman–Crippen LogP) is 2.46. The summed E-state index contributed by atoms with van der Waals surface area (Å²) in [5.41, 5.74) is 1.64. The smallest absolute Gasteiger partial charge is 0.351 e. The molecule has 0 spiro atoms. The van der Waals surface area contributed by atoms with E-state index in [1.807, 2.05) is 37.2 Å². The lowest BCUT2D eigenvalue weighted by atomic mass is 10.2. The number of hydrogen-bond donors (Lipinski definition) is 1. The second-order valence-electron chi connectivity index (χ2n) is 6.37. The first-order chi connectivity index (χ1) is 12.9. The molecule has 1 aliphatic rings. The fraction of sp³-hybridized carbons (Fsp3) is 0.300. The van der Waals surface area contributed by atoms with E-state index < -0.39 is 24.1 Å². The minimum Gasteiger partial charge on any atom is -0.485 e. The van der Waals surface area contributed by atoms with Crippen LogP contribution < -0.4 is 19.7 Å². The molecule has 0 aromatic heterocycles. The Morgan fingerprint density at radius 3 is 2.44 bits per heavy atom. The molecule has 27 heavy (non-hydrogen) atoms. The second-order valence-corrected chi connectivity index (χ2v) is 6.37. The molecule has 142 valence electrons. The highest BCUT2D eigenvalue weighted by atomic mass is 16.6. The summed E-state index contributed by atoms with van der Waals surface area (Å²) in [6.07, 6.45) is -1.87. The number of carbonyl (C=O) groups is 2. The average Bonchev–Trinajstić information content (AvgIpc) is 2.67. The zero-order valence-corrected chi connectivity index (χ0v) is 15.5. The van der Waals surface area contributed by atoms with E-state index >= 15 is 0 Å². The fourth-order valence-corrected chi connectivity index (χ4v) is 2.53. The largest absolute Gasteiger partial charge is 0.485 e. The Hall–Kier alpha value is -3.22. The van der Waals surface area contributed by atoms with Crippen LogP contribution in [0.1, 0.15) is 6.92 Å². The van der Waals surface area contributed by atoms with Crippen molar-refractivity contribution in [3.63, 3.8) is 0 Å². The zero-order chi connectivity index (χ0) is 19.4. The van der Waals surface area contributed by atoms with Crippen LogP contribution in [0.3, 0.4) is 0 Å². The molecule has 1 N–H and O–H groups in total. The van der Waals surface area contributed by atoms with Crippen LogP contribution in [0.4, 0.5) is 11.4 Å². The lowest BCUT2D eigenvalue weighted by Gasteiger charge is -2.25. The van der Waals surface area contributed by atoms with E-state index in [9.17, 15) is 9.59 Å². The summed E-state index contributed by atoms with van der Waals surface area (Å²) in [6, 6.07) is 14.4. The lowest BCUT2D eigenvalue weighted by Crippen LogP contribution is -2.41. The van der Waals surface area contributed by atoms with Gasteiger partial charge in [-0.3, -0.25) is 4.79 Å². The monoisotopic (exact) mass is 370 g/mol. The third-order valence-electron chi connectivity index (χ3n) is 4.08. The van der Waals surface area contributed by atoms with E-state index in [1.54, 1.807) is 30.3 Å². The van der Waals surface area contributed by atoms with Crippen LogP contribution >= 0.6 is 0 Å². The van der Waals surface area contributed by atoms with Gasteiger partial charge in [0, 0.05) is 25.5 Å². The molecule has 1 amide bonds. The SMILES string of the molecule is CC(OC(=O)C1COc2ccccc2O1)C(=O)Nc1ccc(N(C)C)cc1. The fourth-order valence-electron chi connectivity index (χ4n) is 2.53. The summed E-state index contributed by atoms with van der Waals surface area (Å²) < 4.78 is 16.3. The Balaban J connectivity index is 1.54. The molecule has 1 aliphatic heterocycles. The molecule has 1 heterocycles. The number of rotatable bonds is 5. The molecular weight excluding hydrogens is 348 g/mol. The summed E-state index contributed by atoms with van der Waals surface area (Å²) in [4.78, 5) is 26.5. The van der Waals surface area contributed by atoms with Crippen molar-refractivity contribution in [2.45, 2.75) is 19.1 Å². The Bertz CT molecular complexity index is 819. The molecule has 0 bridgehead atoms. The van der Waals surface area contributed by atoms with Gasteiger partial charge in [0.1, 0.15) is 6.61 Å². The quantitative estimate of drug-likeness (QED) is 0.815. The Labute approximate surface area is 157 Å². The van der Waals surface area contributed by atoms with Crippen molar-refractivity contribution < 1.29 is 23.8 Å². The van der Waals surface area contributed by atoms with Gasteiger partial charge in [-0.2, -0.15) is 0 Å². The van der Waals surface area contributed by atoms with Gasteiger partial charge >= 0.3 is 5.97 Å². The van der Waals surface area contributed by atoms with E-state index in [0.717, 1.165) is 5.69 Å². The van der Waals surface area contributed by atoms with Crippen LogP contribution in [-0.4, -0.2) is 44.8 Å². The zero-order valence-electron chi connectivity index (χ0n) is 15.5. The van der Waals surface area contributed by atoms with Crippen molar-refractivity contribution in [2.75, 3.05) is 30.9 Å². The number of hydrogen-bond acceptors (Lipinski definition) is 6. The van der Waals surface area contributed by atoms with Crippen LogP contribution in [0.25, 0.3) is 0 Å². The standard InChI is InChI=1S/C20H22N2O5/c1-13(19(23)21-14-8-10-15(11-9-14)22(2)3)26-20(24)18-12-25-16-6-4-5-7-17(16)27-18/h4-11,13,18H,12H2,1-3H3,(H,21,23). The van der Waals surface area contributed by atoms with E-state index in [4.69, 9.17) is 14.2 Å². The van der Waals surface area contributed by atoms with Gasteiger partial charge in [-0.1, -0.05) is 12.1 Å². The molecule has 0 saturated heterocycles. The van der Waals surface area contributed by atoms with Crippen LogP contribution in [0.15, 0.2) is 48.5 Å². The molecule has 2 aromatic carbocycles. The van der Waals surface area contributed by atoms with Crippen molar-refractivity contribution >= 4 is 23.3 Å². The minimum atomic E-state index is -0.966. The number of nitrogens with zero attached hydrogens (tertiary/aromatic N) is 1. The maximum Gasteiger partial charge on any atom is 0.351 e. The summed E-state index contributed by atoms with van der Waals surface area (Å²) in [5, 5.41) is 2.73. The first kappa shape index (κ1) is 18.6. The van der Waals surface area contributed by atoms with E-state index in [0.29, 0.717) is 17.2 Å². The van der Waals surface area contributed by atoms with Crippen molar-refractivity contribution in [3.8, 4) is 11.5 Å². The summed E-state index contributed by atoms with van der Waals surface area (Å²) in [6.45, 7) is 1.55. The highest BCUT2D eigenvalue weighted by molar-refractivity contribution is 5.95. The van der Waals surface area contributed by atoms with Crippen molar-refractivity contribution in [3.05, 3.63) is 48.5 Å². The van der Waals surface area contributed by atoms with E-state index in [1.165, 1.54) is 6.92 Å². The molecular formula is C20H22N2O5. The maximum atomic E-state index is 12.3. The highest BCUT2D eigenvalue weighted by Gasteiger charge is 2.31.